The standard InChI is InChI=1S/C14H22N4O2/c1-2-3-9-20-14(19)18-13-16-10-15-12(17-13)11-7-5-4-6-8-11/h10-11H,2-9H2,1H3,(H,15,16,17,18,19). The maximum absolute atomic E-state index is 11.5. The van der Waals surface area contributed by atoms with Crippen molar-refractivity contribution in [1.29, 1.82) is 0 Å². The summed E-state index contributed by atoms with van der Waals surface area (Å²) in [5, 5.41) is 2.56. The fourth-order valence-corrected chi connectivity index (χ4v) is 2.36. The van der Waals surface area contributed by atoms with Gasteiger partial charge >= 0.3 is 6.09 Å². The Labute approximate surface area is 119 Å². The molecule has 0 radical (unpaired) electrons. The van der Waals surface area contributed by atoms with Crippen LogP contribution < -0.4 is 5.32 Å². The van der Waals surface area contributed by atoms with Crippen LogP contribution in [0.25, 0.3) is 0 Å². The lowest BCUT2D eigenvalue weighted by Crippen LogP contribution is -2.18. The van der Waals surface area contributed by atoms with Gasteiger partial charge in [0.25, 0.3) is 0 Å². The van der Waals surface area contributed by atoms with Crippen molar-refractivity contribution in [2.45, 2.75) is 57.8 Å². The van der Waals surface area contributed by atoms with Crippen molar-refractivity contribution in [3.63, 3.8) is 0 Å². The van der Waals surface area contributed by atoms with Crippen LogP contribution in [0.2, 0.25) is 0 Å². The highest BCUT2D eigenvalue weighted by Gasteiger charge is 2.19. The van der Waals surface area contributed by atoms with Gasteiger partial charge in [-0.05, 0) is 19.3 Å². The molecular weight excluding hydrogens is 256 g/mol. The normalized spacial score (nSPS) is 15.8. The van der Waals surface area contributed by atoms with E-state index in [0.29, 0.717) is 12.5 Å². The van der Waals surface area contributed by atoms with Crippen molar-refractivity contribution in [2.75, 3.05) is 11.9 Å². The average Bonchev–Trinajstić information content (AvgIpc) is 2.49. The molecule has 1 heterocycles. The predicted octanol–water partition coefficient (Wildman–Crippen LogP) is 3.27. The molecule has 0 saturated heterocycles. The van der Waals surface area contributed by atoms with E-state index < -0.39 is 6.09 Å². The highest BCUT2D eigenvalue weighted by molar-refractivity contribution is 5.82. The first kappa shape index (κ1) is 14.7. The van der Waals surface area contributed by atoms with Crippen LogP contribution >= 0.6 is 0 Å². The zero-order valence-corrected chi connectivity index (χ0v) is 12.0. The Morgan fingerprint density at radius 2 is 2.15 bits per heavy atom. The number of rotatable bonds is 5. The van der Waals surface area contributed by atoms with E-state index in [-0.39, 0.29) is 5.95 Å². The lowest BCUT2D eigenvalue weighted by atomic mass is 9.89. The summed E-state index contributed by atoms with van der Waals surface area (Å²) in [6, 6.07) is 0. The van der Waals surface area contributed by atoms with Crippen molar-refractivity contribution in [2.24, 2.45) is 0 Å². The fraction of sp³-hybridized carbons (Fsp3) is 0.714. The van der Waals surface area contributed by atoms with Crippen LogP contribution in [0.1, 0.15) is 63.6 Å². The largest absolute Gasteiger partial charge is 0.449 e. The van der Waals surface area contributed by atoms with Crippen LogP contribution in [0.15, 0.2) is 6.33 Å². The maximum atomic E-state index is 11.5. The second kappa shape index (κ2) is 7.77. The number of nitrogens with one attached hydrogen (secondary N) is 1. The fourth-order valence-electron chi connectivity index (χ4n) is 2.36. The molecule has 1 amide bonds. The molecule has 110 valence electrons. The first-order valence-corrected chi connectivity index (χ1v) is 7.42. The summed E-state index contributed by atoms with van der Waals surface area (Å²) in [6.45, 7) is 2.46. The van der Waals surface area contributed by atoms with Gasteiger partial charge in [-0.3, -0.25) is 5.32 Å². The molecule has 20 heavy (non-hydrogen) atoms. The molecule has 0 aromatic carbocycles. The minimum atomic E-state index is -0.501. The molecule has 0 spiro atoms. The molecular formula is C14H22N4O2. The predicted molar refractivity (Wildman–Crippen MR) is 75.5 cm³/mol. The highest BCUT2D eigenvalue weighted by Crippen LogP contribution is 2.30. The van der Waals surface area contributed by atoms with Gasteiger partial charge in [-0.25, -0.2) is 14.8 Å². The molecule has 0 aliphatic heterocycles. The van der Waals surface area contributed by atoms with Crippen molar-refractivity contribution >= 4 is 12.0 Å². The first-order chi connectivity index (χ1) is 9.79. The molecule has 1 N–H and O–H groups in total. The zero-order chi connectivity index (χ0) is 14.2. The van der Waals surface area contributed by atoms with Gasteiger partial charge in [0.05, 0.1) is 6.61 Å². The number of aromatic nitrogens is 3. The molecule has 2 rings (SSSR count). The van der Waals surface area contributed by atoms with Crippen LogP contribution in [-0.4, -0.2) is 27.7 Å². The number of anilines is 1. The summed E-state index contributed by atoms with van der Waals surface area (Å²) in [5.74, 6) is 1.45. The van der Waals surface area contributed by atoms with E-state index in [4.69, 9.17) is 4.74 Å². The Morgan fingerprint density at radius 1 is 1.35 bits per heavy atom. The molecule has 1 aliphatic rings. The Hall–Kier alpha value is -1.72. The lowest BCUT2D eigenvalue weighted by molar-refractivity contribution is 0.159. The highest BCUT2D eigenvalue weighted by atomic mass is 16.5. The number of unbranched alkanes of at least 4 members (excludes halogenated alkanes) is 1. The Balaban J connectivity index is 1.90. The molecule has 1 aromatic heterocycles. The number of carbonyl (C=O) groups is 1. The number of hydrogen-bond donors (Lipinski definition) is 1. The van der Waals surface area contributed by atoms with Crippen molar-refractivity contribution in [3.8, 4) is 0 Å². The Morgan fingerprint density at radius 3 is 2.90 bits per heavy atom. The summed E-state index contributed by atoms with van der Waals surface area (Å²) in [4.78, 5) is 24.1. The molecule has 0 unspecified atom stereocenters. The van der Waals surface area contributed by atoms with Crippen LogP contribution in [0, 0.1) is 0 Å². The minimum absolute atomic E-state index is 0.280. The van der Waals surface area contributed by atoms with Gasteiger partial charge in [0, 0.05) is 5.92 Å². The number of amides is 1. The van der Waals surface area contributed by atoms with E-state index in [2.05, 4.69) is 20.3 Å². The van der Waals surface area contributed by atoms with Gasteiger partial charge in [0.2, 0.25) is 5.95 Å². The number of hydrogen-bond acceptors (Lipinski definition) is 5. The van der Waals surface area contributed by atoms with Gasteiger partial charge in [0.1, 0.15) is 12.2 Å². The second-order valence-electron chi connectivity index (χ2n) is 5.12. The van der Waals surface area contributed by atoms with E-state index >= 15 is 0 Å². The topological polar surface area (TPSA) is 77.0 Å². The van der Waals surface area contributed by atoms with E-state index in [9.17, 15) is 4.79 Å². The van der Waals surface area contributed by atoms with Gasteiger partial charge in [-0.15, -0.1) is 0 Å². The smallest absolute Gasteiger partial charge is 0.414 e. The van der Waals surface area contributed by atoms with Crippen LogP contribution in [0.5, 0.6) is 0 Å². The van der Waals surface area contributed by atoms with Gasteiger partial charge in [-0.1, -0.05) is 32.6 Å². The summed E-state index contributed by atoms with van der Waals surface area (Å²) >= 11 is 0. The molecule has 6 nitrogen and oxygen atoms in total. The van der Waals surface area contributed by atoms with Crippen LogP contribution in [0.4, 0.5) is 10.7 Å². The zero-order valence-electron chi connectivity index (χ0n) is 12.0. The average molecular weight is 278 g/mol. The maximum Gasteiger partial charge on any atom is 0.414 e. The van der Waals surface area contributed by atoms with Crippen molar-refractivity contribution in [1.82, 2.24) is 15.0 Å². The molecule has 0 bridgehead atoms. The molecule has 1 aromatic rings. The molecule has 1 aliphatic carbocycles. The van der Waals surface area contributed by atoms with Crippen LogP contribution in [0.3, 0.4) is 0 Å². The van der Waals surface area contributed by atoms with Gasteiger partial charge in [0.15, 0.2) is 0 Å². The van der Waals surface area contributed by atoms with Crippen molar-refractivity contribution in [3.05, 3.63) is 12.2 Å². The van der Waals surface area contributed by atoms with Gasteiger partial charge in [-0.2, -0.15) is 4.98 Å². The molecule has 0 atom stereocenters. The summed E-state index contributed by atoms with van der Waals surface area (Å²) in [7, 11) is 0. The molecule has 1 fully saturated rings. The van der Waals surface area contributed by atoms with E-state index in [1.54, 1.807) is 0 Å². The third kappa shape index (κ3) is 4.43. The van der Waals surface area contributed by atoms with E-state index in [1.807, 2.05) is 6.92 Å². The third-order valence-corrected chi connectivity index (χ3v) is 3.51. The monoisotopic (exact) mass is 278 g/mol. The minimum Gasteiger partial charge on any atom is -0.449 e. The van der Waals surface area contributed by atoms with E-state index in [1.165, 1.54) is 25.6 Å². The van der Waals surface area contributed by atoms with Crippen molar-refractivity contribution < 1.29 is 9.53 Å². The Kier molecular flexibility index (Phi) is 5.70. The SMILES string of the molecule is CCCCOC(=O)Nc1ncnc(C2CCCCC2)n1. The number of nitrogens with zero attached hydrogens (tertiary/aromatic N) is 3. The molecule has 1 saturated carbocycles. The molecule has 6 heteroatoms. The first-order valence-electron chi connectivity index (χ1n) is 7.42. The Bertz CT molecular complexity index is 433. The summed E-state index contributed by atoms with van der Waals surface area (Å²) in [5.41, 5.74) is 0. The number of ether oxygens (including phenoxy) is 1. The quantitative estimate of drug-likeness (QED) is 0.836. The van der Waals surface area contributed by atoms with Crippen LogP contribution in [-0.2, 0) is 4.74 Å². The summed E-state index contributed by atoms with van der Waals surface area (Å²) < 4.78 is 5.02. The number of carbonyl (C=O) groups excluding carboxylic acids is 1. The van der Waals surface area contributed by atoms with Gasteiger partial charge < -0.3 is 4.74 Å². The lowest BCUT2D eigenvalue weighted by Gasteiger charge is -2.19. The third-order valence-electron chi connectivity index (χ3n) is 3.51. The second-order valence-corrected chi connectivity index (χ2v) is 5.12. The van der Waals surface area contributed by atoms with E-state index in [0.717, 1.165) is 31.5 Å². The summed E-state index contributed by atoms with van der Waals surface area (Å²) in [6.07, 6.45) is 8.77.